The highest BCUT2D eigenvalue weighted by atomic mass is 16.6. The second-order valence-electron chi connectivity index (χ2n) is 8.23. The van der Waals surface area contributed by atoms with Gasteiger partial charge in [-0.1, -0.05) is 0 Å². The molecule has 1 saturated carbocycles. The Morgan fingerprint density at radius 1 is 1.03 bits per heavy atom. The number of hydrogen-bond donors (Lipinski definition) is 1. The second kappa shape index (κ2) is 10.1. The fourth-order valence-electron chi connectivity index (χ4n) is 3.87. The van der Waals surface area contributed by atoms with Crippen LogP contribution < -0.4 is 14.8 Å². The molecule has 1 amide bonds. The van der Waals surface area contributed by atoms with Crippen LogP contribution in [0.25, 0.3) is 0 Å². The van der Waals surface area contributed by atoms with Crippen LogP contribution in [0, 0.1) is 6.92 Å². The van der Waals surface area contributed by atoms with Crippen LogP contribution in [0.3, 0.4) is 0 Å². The standard InChI is InChI=1S/C21H34N4O4/c1-14(2)27-21(26)25-11-9-18(10-12-25)29-20-15(3)19(23-13-24-20)28-17-7-5-16(22-4)6-8-17/h13-14,16-18,22H,5-12H2,1-4H3/t16-,17-. The molecule has 3 rings (SSSR count). The summed E-state index contributed by atoms with van der Waals surface area (Å²) < 4.78 is 17.6. The maximum absolute atomic E-state index is 12.0. The van der Waals surface area contributed by atoms with Gasteiger partial charge in [-0.2, -0.15) is 0 Å². The van der Waals surface area contributed by atoms with Crippen molar-refractivity contribution in [2.45, 2.75) is 83.6 Å². The number of amides is 1. The molecular weight excluding hydrogens is 372 g/mol. The first-order chi connectivity index (χ1) is 14.0. The van der Waals surface area contributed by atoms with Crippen molar-refractivity contribution in [1.29, 1.82) is 0 Å². The first kappa shape index (κ1) is 21.6. The molecule has 8 heteroatoms. The summed E-state index contributed by atoms with van der Waals surface area (Å²) in [6, 6.07) is 0.587. The van der Waals surface area contributed by atoms with Crippen LogP contribution in [-0.2, 0) is 4.74 Å². The van der Waals surface area contributed by atoms with Crippen molar-refractivity contribution in [1.82, 2.24) is 20.2 Å². The van der Waals surface area contributed by atoms with Gasteiger partial charge in [-0.15, -0.1) is 0 Å². The van der Waals surface area contributed by atoms with Gasteiger partial charge in [-0.3, -0.25) is 0 Å². The molecule has 2 aliphatic rings. The van der Waals surface area contributed by atoms with Gasteiger partial charge in [0, 0.05) is 32.0 Å². The molecule has 0 radical (unpaired) electrons. The summed E-state index contributed by atoms with van der Waals surface area (Å²) in [5, 5.41) is 3.34. The van der Waals surface area contributed by atoms with Gasteiger partial charge < -0.3 is 24.4 Å². The largest absolute Gasteiger partial charge is 0.474 e. The van der Waals surface area contributed by atoms with Crippen molar-refractivity contribution < 1.29 is 19.0 Å². The van der Waals surface area contributed by atoms with Crippen molar-refractivity contribution in [3.8, 4) is 11.8 Å². The highest BCUT2D eigenvalue weighted by molar-refractivity contribution is 5.67. The van der Waals surface area contributed by atoms with Crippen LogP contribution >= 0.6 is 0 Å². The van der Waals surface area contributed by atoms with E-state index >= 15 is 0 Å². The zero-order valence-electron chi connectivity index (χ0n) is 18.0. The molecule has 1 N–H and O–H groups in total. The van der Waals surface area contributed by atoms with E-state index in [4.69, 9.17) is 14.2 Å². The lowest BCUT2D eigenvalue weighted by Gasteiger charge is -2.32. The van der Waals surface area contributed by atoms with Gasteiger partial charge in [-0.05, 0) is 53.5 Å². The minimum Gasteiger partial charge on any atom is -0.474 e. The van der Waals surface area contributed by atoms with E-state index in [9.17, 15) is 4.79 Å². The van der Waals surface area contributed by atoms with E-state index in [0.29, 0.717) is 30.9 Å². The quantitative estimate of drug-likeness (QED) is 0.777. The van der Waals surface area contributed by atoms with E-state index in [1.807, 2.05) is 27.8 Å². The molecular formula is C21H34N4O4. The molecule has 29 heavy (non-hydrogen) atoms. The Kier molecular flexibility index (Phi) is 7.52. The van der Waals surface area contributed by atoms with E-state index in [1.54, 1.807) is 4.90 Å². The van der Waals surface area contributed by atoms with Gasteiger partial charge in [0.15, 0.2) is 0 Å². The Hall–Kier alpha value is -2.09. The third-order valence-electron chi connectivity index (χ3n) is 5.67. The Balaban J connectivity index is 1.52. The van der Waals surface area contributed by atoms with E-state index in [-0.39, 0.29) is 24.4 Å². The van der Waals surface area contributed by atoms with Crippen LogP contribution in [0.5, 0.6) is 11.8 Å². The lowest BCUT2D eigenvalue weighted by Crippen LogP contribution is -2.42. The molecule has 0 spiro atoms. The van der Waals surface area contributed by atoms with Gasteiger partial charge >= 0.3 is 6.09 Å². The number of ether oxygens (including phenoxy) is 3. The summed E-state index contributed by atoms with van der Waals surface area (Å²) in [6.45, 7) is 6.91. The predicted octanol–water partition coefficient (Wildman–Crippen LogP) is 3.08. The van der Waals surface area contributed by atoms with Crippen LogP contribution in [0.2, 0.25) is 0 Å². The number of piperidine rings is 1. The number of nitrogens with one attached hydrogen (secondary N) is 1. The minimum atomic E-state index is -0.250. The van der Waals surface area contributed by atoms with Crippen molar-refractivity contribution >= 4 is 6.09 Å². The summed E-state index contributed by atoms with van der Waals surface area (Å²) in [5.74, 6) is 1.18. The number of likely N-dealkylation sites (tertiary alicyclic amines) is 1. The average molecular weight is 407 g/mol. The molecule has 1 saturated heterocycles. The SMILES string of the molecule is CN[C@H]1CC[C@H](Oc2ncnc(OC3CCN(C(=O)OC(C)C)CC3)c2C)CC1. The highest BCUT2D eigenvalue weighted by Gasteiger charge is 2.27. The van der Waals surface area contributed by atoms with Crippen molar-refractivity contribution in [3.05, 3.63) is 11.9 Å². The fourth-order valence-corrected chi connectivity index (χ4v) is 3.87. The topological polar surface area (TPSA) is 85.8 Å². The van der Waals surface area contributed by atoms with E-state index in [0.717, 1.165) is 44.1 Å². The Bertz CT molecular complexity index is 669. The van der Waals surface area contributed by atoms with Crippen LogP contribution in [0.4, 0.5) is 4.79 Å². The monoisotopic (exact) mass is 406 g/mol. The number of carbonyl (C=O) groups is 1. The lowest BCUT2D eigenvalue weighted by atomic mass is 9.93. The first-order valence-electron chi connectivity index (χ1n) is 10.7. The zero-order valence-corrected chi connectivity index (χ0v) is 18.0. The van der Waals surface area contributed by atoms with Crippen LogP contribution in [0.1, 0.15) is 57.9 Å². The molecule has 8 nitrogen and oxygen atoms in total. The van der Waals surface area contributed by atoms with Crippen LogP contribution in [-0.4, -0.2) is 65.5 Å². The summed E-state index contributed by atoms with van der Waals surface area (Å²) in [6.07, 6.45) is 7.15. The van der Waals surface area contributed by atoms with E-state index in [2.05, 4.69) is 15.3 Å². The molecule has 162 valence electrons. The Morgan fingerprint density at radius 3 is 2.10 bits per heavy atom. The normalized spacial score (nSPS) is 23.1. The molecule has 1 aromatic rings. The predicted molar refractivity (Wildman–Crippen MR) is 109 cm³/mol. The van der Waals surface area contributed by atoms with Crippen molar-refractivity contribution in [3.63, 3.8) is 0 Å². The smallest absolute Gasteiger partial charge is 0.410 e. The van der Waals surface area contributed by atoms with Gasteiger partial charge in [0.05, 0.1) is 11.7 Å². The number of hydrogen-bond acceptors (Lipinski definition) is 7. The first-order valence-corrected chi connectivity index (χ1v) is 10.7. The number of aromatic nitrogens is 2. The number of rotatable bonds is 6. The molecule has 1 aliphatic heterocycles. The van der Waals surface area contributed by atoms with E-state index < -0.39 is 0 Å². The lowest BCUT2D eigenvalue weighted by molar-refractivity contribution is 0.0503. The summed E-state index contributed by atoms with van der Waals surface area (Å²) in [4.78, 5) is 22.4. The minimum absolute atomic E-state index is 0.0191. The third kappa shape index (κ3) is 5.95. The average Bonchev–Trinajstić information content (AvgIpc) is 2.71. The molecule has 0 unspecified atom stereocenters. The number of carbonyl (C=O) groups excluding carboxylic acids is 1. The number of nitrogens with zero attached hydrogens (tertiary/aromatic N) is 3. The molecule has 0 atom stereocenters. The van der Waals surface area contributed by atoms with Crippen molar-refractivity contribution in [2.24, 2.45) is 0 Å². The zero-order chi connectivity index (χ0) is 20.8. The molecule has 0 aromatic carbocycles. The summed E-state index contributed by atoms with van der Waals surface area (Å²) >= 11 is 0. The van der Waals surface area contributed by atoms with Gasteiger partial charge in [0.2, 0.25) is 11.8 Å². The fraction of sp³-hybridized carbons (Fsp3) is 0.762. The van der Waals surface area contributed by atoms with E-state index in [1.165, 1.54) is 6.33 Å². The van der Waals surface area contributed by atoms with Crippen molar-refractivity contribution in [2.75, 3.05) is 20.1 Å². The maximum atomic E-state index is 12.0. The Labute approximate surface area is 173 Å². The summed E-state index contributed by atoms with van der Waals surface area (Å²) in [5.41, 5.74) is 0.838. The second-order valence-corrected chi connectivity index (χ2v) is 8.23. The molecule has 2 heterocycles. The van der Waals surface area contributed by atoms with Gasteiger partial charge in [-0.25, -0.2) is 14.8 Å². The maximum Gasteiger partial charge on any atom is 0.410 e. The van der Waals surface area contributed by atoms with Crippen LogP contribution in [0.15, 0.2) is 6.33 Å². The highest BCUT2D eigenvalue weighted by Crippen LogP contribution is 2.29. The molecule has 1 aliphatic carbocycles. The van der Waals surface area contributed by atoms with Gasteiger partial charge in [0.1, 0.15) is 18.5 Å². The Morgan fingerprint density at radius 2 is 1.59 bits per heavy atom. The summed E-state index contributed by atoms with van der Waals surface area (Å²) in [7, 11) is 2.02. The molecule has 1 aromatic heterocycles. The molecule has 2 fully saturated rings. The third-order valence-corrected chi connectivity index (χ3v) is 5.67. The molecule has 0 bridgehead atoms. The van der Waals surface area contributed by atoms with Gasteiger partial charge in [0.25, 0.3) is 0 Å².